The molecule has 0 saturated carbocycles. The maximum atomic E-state index is 9.72. The van der Waals surface area contributed by atoms with Gasteiger partial charge in [-0.25, -0.2) is 0 Å². The summed E-state index contributed by atoms with van der Waals surface area (Å²) in [4.78, 5) is 1.87. The molecule has 1 aliphatic rings. The lowest BCUT2D eigenvalue weighted by molar-refractivity contribution is 0.124. The van der Waals surface area contributed by atoms with E-state index in [9.17, 15) is 10.2 Å². The Labute approximate surface area is 83.8 Å². The van der Waals surface area contributed by atoms with Crippen molar-refractivity contribution in [2.24, 2.45) is 0 Å². The van der Waals surface area contributed by atoms with Crippen LogP contribution in [0.1, 0.15) is 6.42 Å². The number of likely N-dealkylation sites (N-methyl/N-ethyl adjacent to an activating group) is 1. The topological polar surface area (TPSA) is 63.9 Å². The third-order valence-corrected chi connectivity index (χ3v) is 2.20. The molecule has 2 unspecified atom stereocenters. The summed E-state index contributed by atoms with van der Waals surface area (Å²) in [5, 5.41) is 28.2. The molecule has 0 radical (unpaired) electrons. The molecule has 0 aromatic carbocycles. The van der Waals surface area contributed by atoms with Gasteiger partial charge in [0, 0.05) is 13.0 Å². The second-order valence-corrected chi connectivity index (χ2v) is 3.83. The number of hydrogen-bond acceptors (Lipinski definition) is 4. The smallest absolute Gasteiger partial charge is 0.121 e. The van der Waals surface area contributed by atoms with Gasteiger partial charge in [0.15, 0.2) is 0 Å². The summed E-state index contributed by atoms with van der Waals surface area (Å²) in [6, 6.07) is 0. The van der Waals surface area contributed by atoms with Gasteiger partial charge in [0.25, 0.3) is 0 Å². The van der Waals surface area contributed by atoms with Crippen LogP contribution in [0.2, 0.25) is 0 Å². The quantitative estimate of drug-likeness (QED) is 0.600. The highest BCUT2D eigenvalue weighted by Crippen LogP contribution is 2.20. The van der Waals surface area contributed by atoms with E-state index < -0.39 is 12.2 Å². The molecule has 0 aromatic rings. The summed E-state index contributed by atoms with van der Waals surface area (Å²) < 4.78 is 0. The molecule has 4 nitrogen and oxygen atoms in total. The largest absolute Gasteiger partial charge is 0.510 e. The highest BCUT2D eigenvalue weighted by Gasteiger charge is 2.20. The van der Waals surface area contributed by atoms with Crippen molar-refractivity contribution in [3.63, 3.8) is 0 Å². The zero-order chi connectivity index (χ0) is 10.7. The zero-order valence-corrected chi connectivity index (χ0v) is 8.51. The molecule has 0 fully saturated rings. The van der Waals surface area contributed by atoms with Crippen LogP contribution in [0.25, 0.3) is 0 Å². The number of aliphatic hydroxyl groups excluding tert-OH is 3. The Kier molecular flexibility index (Phi) is 3.69. The van der Waals surface area contributed by atoms with Crippen molar-refractivity contribution in [3.05, 3.63) is 23.5 Å². The van der Waals surface area contributed by atoms with Crippen molar-refractivity contribution in [1.82, 2.24) is 4.90 Å². The van der Waals surface area contributed by atoms with Gasteiger partial charge in [0.1, 0.15) is 11.9 Å². The number of hydrogen-bond donors (Lipinski definition) is 3. The molecule has 4 heteroatoms. The van der Waals surface area contributed by atoms with Gasteiger partial charge in [-0.15, -0.1) is 0 Å². The fourth-order valence-electron chi connectivity index (χ4n) is 1.41. The predicted molar refractivity (Wildman–Crippen MR) is 54.0 cm³/mol. The average molecular weight is 199 g/mol. The molecule has 0 aromatic heterocycles. The van der Waals surface area contributed by atoms with Crippen LogP contribution in [0.4, 0.5) is 0 Å². The second kappa shape index (κ2) is 4.59. The lowest BCUT2D eigenvalue weighted by Crippen LogP contribution is -2.30. The van der Waals surface area contributed by atoms with Crippen molar-refractivity contribution in [3.8, 4) is 0 Å². The van der Waals surface area contributed by atoms with Gasteiger partial charge in [-0.1, -0.05) is 6.08 Å². The molecule has 0 spiro atoms. The van der Waals surface area contributed by atoms with Crippen molar-refractivity contribution in [2.45, 2.75) is 18.6 Å². The van der Waals surface area contributed by atoms with Crippen LogP contribution < -0.4 is 0 Å². The van der Waals surface area contributed by atoms with E-state index in [-0.39, 0.29) is 5.76 Å². The van der Waals surface area contributed by atoms with Gasteiger partial charge in [0.2, 0.25) is 0 Å². The summed E-state index contributed by atoms with van der Waals surface area (Å²) in [6.45, 7) is 0.521. The molecular formula is C10H17NO3. The molecule has 2 atom stereocenters. The van der Waals surface area contributed by atoms with Crippen LogP contribution in [0.15, 0.2) is 23.5 Å². The highest BCUT2D eigenvalue weighted by molar-refractivity contribution is 5.26. The molecule has 80 valence electrons. The van der Waals surface area contributed by atoms with E-state index in [1.807, 2.05) is 19.0 Å². The van der Waals surface area contributed by atoms with Crippen LogP contribution in [0.5, 0.6) is 0 Å². The third-order valence-electron chi connectivity index (χ3n) is 2.20. The Morgan fingerprint density at radius 1 is 1.50 bits per heavy atom. The van der Waals surface area contributed by atoms with Gasteiger partial charge in [-0.2, -0.15) is 0 Å². The highest BCUT2D eigenvalue weighted by atomic mass is 16.3. The first-order chi connectivity index (χ1) is 6.50. The Balaban J connectivity index is 2.61. The Hall–Kier alpha value is -0.840. The fourth-order valence-corrected chi connectivity index (χ4v) is 1.41. The maximum Gasteiger partial charge on any atom is 0.121 e. The fraction of sp³-hybridized carbons (Fsp3) is 0.600. The second-order valence-electron chi connectivity index (χ2n) is 3.83. The maximum absolute atomic E-state index is 9.72. The minimum absolute atomic E-state index is 0.0363. The summed E-state index contributed by atoms with van der Waals surface area (Å²) in [7, 11) is 3.74. The third kappa shape index (κ3) is 2.83. The van der Waals surface area contributed by atoms with E-state index in [1.54, 1.807) is 6.08 Å². The SMILES string of the molecule is CN(C)CC(O)C1=CC=C(O)C(O)C1. The van der Waals surface area contributed by atoms with Gasteiger partial charge in [-0.05, 0) is 25.7 Å². The van der Waals surface area contributed by atoms with Crippen LogP contribution in [0, 0.1) is 0 Å². The summed E-state index contributed by atoms with van der Waals surface area (Å²) in [6.07, 6.45) is 1.95. The van der Waals surface area contributed by atoms with Crippen LogP contribution in [-0.2, 0) is 0 Å². The van der Waals surface area contributed by atoms with Crippen LogP contribution in [0.3, 0.4) is 0 Å². The molecule has 0 heterocycles. The minimum atomic E-state index is -0.869. The van der Waals surface area contributed by atoms with Crippen LogP contribution in [-0.4, -0.2) is 53.1 Å². The van der Waals surface area contributed by atoms with E-state index in [0.29, 0.717) is 13.0 Å². The Morgan fingerprint density at radius 3 is 2.64 bits per heavy atom. The minimum Gasteiger partial charge on any atom is -0.510 e. The number of aliphatic hydroxyl groups is 3. The first-order valence-electron chi connectivity index (χ1n) is 4.61. The van der Waals surface area contributed by atoms with E-state index >= 15 is 0 Å². The molecule has 0 saturated heterocycles. The number of allylic oxidation sites excluding steroid dienone is 2. The Morgan fingerprint density at radius 2 is 2.14 bits per heavy atom. The molecule has 1 aliphatic carbocycles. The standard InChI is InChI=1S/C10H17NO3/c1-11(2)6-10(14)7-3-4-8(12)9(13)5-7/h3-4,9-10,12-14H,5-6H2,1-2H3. The van der Waals surface area contributed by atoms with E-state index in [2.05, 4.69) is 0 Å². The predicted octanol–water partition coefficient (Wildman–Crippen LogP) is 0.0418. The van der Waals surface area contributed by atoms with Crippen molar-refractivity contribution in [2.75, 3.05) is 20.6 Å². The first kappa shape index (κ1) is 11.2. The summed E-state index contributed by atoms with van der Waals surface area (Å²) in [5.41, 5.74) is 0.754. The molecule has 0 aliphatic heterocycles. The normalized spacial score (nSPS) is 24.5. The molecule has 0 amide bonds. The molecule has 3 N–H and O–H groups in total. The summed E-state index contributed by atoms with van der Waals surface area (Å²) in [5.74, 6) is -0.0363. The van der Waals surface area contributed by atoms with Gasteiger partial charge in [0.05, 0.1) is 6.10 Å². The number of nitrogens with zero attached hydrogens (tertiary/aromatic N) is 1. The van der Waals surface area contributed by atoms with E-state index in [4.69, 9.17) is 5.11 Å². The lowest BCUT2D eigenvalue weighted by atomic mass is 9.96. The van der Waals surface area contributed by atoms with Gasteiger partial charge < -0.3 is 20.2 Å². The monoisotopic (exact) mass is 199 g/mol. The molecule has 0 bridgehead atoms. The Bertz CT molecular complexity index is 258. The zero-order valence-electron chi connectivity index (χ0n) is 8.51. The van der Waals surface area contributed by atoms with Crippen molar-refractivity contribution >= 4 is 0 Å². The first-order valence-corrected chi connectivity index (χ1v) is 4.61. The van der Waals surface area contributed by atoms with Gasteiger partial charge in [-0.3, -0.25) is 0 Å². The molecule has 1 rings (SSSR count). The van der Waals surface area contributed by atoms with Crippen molar-refractivity contribution in [1.29, 1.82) is 0 Å². The van der Waals surface area contributed by atoms with E-state index in [0.717, 1.165) is 5.57 Å². The van der Waals surface area contributed by atoms with Gasteiger partial charge >= 0.3 is 0 Å². The van der Waals surface area contributed by atoms with Crippen LogP contribution >= 0.6 is 0 Å². The average Bonchev–Trinajstić information content (AvgIpc) is 2.08. The molecule has 14 heavy (non-hydrogen) atoms. The summed E-state index contributed by atoms with van der Waals surface area (Å²) >= 11 is 0. The lowest BCUT2D eigenvalue weighted by Gasteiger charge is -2.23. The van der Waals surface area contributed by atoms with E-state index in [1.165, 1.54) is 6.08 Å². The van der Waals surface area contributed by atoms with Crippen molar-refractivity contribution < 1.29 is 15.3 Å². The number of rotatable bonds is 3. The molecular weight excluding hydrogens is 182 g/mol.